The van der Waals surface area contributed by atoms with Crippen LogP contribution >= 0.6 is 27.7 Å². The summed E-state index contributed by atoms with van der Waals surface area (Å²) in [6, 6.07) is 8.54. The second-order valence-electron chi connectivity index (χ2n) is 6.06. The van der Waals surface area contributed by atoms with E-state index in [9.17, 15) is 18.0 Å². The standard InChI is InChI=1S/C18H15BrF3N5OS/c1-11-2-3-14(13(19)8-11)24-15(28)9-29-17-26-25-16(12-4-6-23-7-5-12)27(17)10-18(20,21)22/h2-8H,9-10H2,1H3,(H,24,28). The number of carbonyl (C=O) groups excluding carboxylic acids is 1. The van der Waals surface area contributed by atoms with Gasteiger partial charge >= 0.3 is 6.18 Å². The number of nitrogens with one attached hydrogen (secondary N) is 1. The van der Waals surface area contributed by atoms with Gasteiger partial charge < -0.3 is 5.32 Å². The van der Waals surface area contributed by atoms with Crippen molar-refractivity contribution in [3.63, 3.8) is 0 Å². The van der Waals surface area contributed by atoms with Crippen LogP contribution in [0.25, 0.3) is 11.4 Å². The van der Waals surface area contributed by atoms with Gasteiger partial charge in [-0.15, -0.1) is 10.2 Å². The van der Waals surface area contributed by atoms with Gasteiger partial charge in [0.05, 0.1) is 11.4 Å². The predicted molar refractivity (Wildman–Crippen MR) is 108 cm³/mol. The Labute approximate surface area is 177 Å². The van der Waals surface area contributed by atoms with Crippen LogP contribution in [0.1, 0.15) is 5.56 Å². The van der Waals surface area contributed by atoms with Gasteiger partial charge in [0.1, 0.15) is 6.54 Å². The van der Waals surface area contributed by atoms with Crippen LogP contribution in [0.5, 0.6) is 0 Å². The van der Waals surface area contributed by atoms with E-state index in [-0.39, 0.29) is 22.6 Å². The van der Waals surface area contributed by atoms with E-state index in [0.29, 0.717) is 11.3 Å². The molecule has 0 unspecified atom stereocenters. The molecule has 0 aliphatic rings. The van der Waals surface area contributed by atoms with Gasteiger partial charge in [-0.1, -0.05) is 17.8 Å². The van der Waals surface area contributed by atoms with Crippen molar-refractivity contribution in [1.82, 2.24) is 19.7 Å². The number of thioether (sulfide) groups is 1. The van der Waals surface area contributed by atoms with Crippen molar-refractivity contribution in [1.29, 1.82) is 0 Å². The predicted octanol–water partition coefficient (Wildman–Crippen LogP) is 4.70. The number of anilines is 1. The maximum absolute atomic E-state index is 13.1. The number of alkyl halides is 3. The number of rotatable bonds is 6. The van der Waals surface area contributed by atoms with Crippen LogP contribution in [0.4, 0.5) is 18.9 Å². The molecule has 0 fully saturated rings. The van der Waals surface area contributed by atoms with Crippen molar-refractivity contribution >= 4 is 39.3 Å². The Morgan fingerprint density at radius 3 is 2.59 bits per heavy atom. The van der Waals surface area contributed by atoms with Crippen LogP contribution in [0.15, 0.2) is 52.4 Å². The summed E-state index contributed by atoms with van der Waals surface area (Å²) in [5.74, 6) is -0.424. The highest BCUT2D eigenvalue weighted by molar-refractivity contribution is 9.10. The molecule has 1 aromatic carbocycles. The van der Waals surface area contributed by atoms with E-state index in [0.717, 1.165) is 26.4 Å². The van der Waals surface area contributed by atoms with Crippen LogP contribution in [0.3, 0.4) is 0 Å². The van der Waals surface area contributed by atoms with E-state index in [1.165, 1.54) is 12.4 Å². The molecule has 1 N–H and O–H groups in total. The van der Waals surface area contributed by atoms with Gasteiger partial charge in [0, 0.05) is 22.4 Å². The average Bonchev–Trinajstić information content (AvgIpc) is 3.04. The highest BCUT2D eigenvalue weighted by Crippen LogP contribution is 2.29. The van der Waals surface area contributed by atoms with Gasteiger partial charge in [0.25, 0.3) is 0 Å². The first-order valence-electron chi connectivity index (χ1n) is 8.32. The minimum Gasteiger partial charge on any atom is -0.324 e. The van der Waals surface area contributed by atoms with Gasteiger partial charge in [-0.25, -0.2) is 0 Å². The number of hydrogen-bond acceptors (Lipinski definition) is 5. The third-order valence-corrected chi connectivity index (χ3v) is 5.35. The van der Waals surface area contributed by atoms with Gasteiger partial charge in [0.2, 0.25) is 5.91 Å². The van der Waals surface area contributed by atoms with Crippen molar-refractivity contribution in [2.24, 2.45) is 0 Å². The van der Waals surface area contributed by atoms with Crippen molar-refractivity contribution in [2.45, 2.75) is 24.8 Å². The first kappa shape index (κ1) is 21.3. The molecule has 2 aromatic heterocycles. The van der Waals surface area contributed by atoms with E-state index < -0.39 is 12.7 Å². The zero-order valence-electron chi connectivity index (χ0n) is 15.1. The van der Waals surface area contributed by atoms with Gasteiger partial charge in [-0.2, -0.15) is 13.2 Å². The summed E-state index contributed by atoms with van der Waals surface area (Å²) in [5.41, 5.74) is 2.06. The van der Waals surface area contributed by atoms with Crippen molar-refractivity contribution in [3.8, 4) is 11.4 Å². The van der Waals surface area contributed by atoms with Crippen LogP contribution in [0, 0.1) is 6.92 Å². The molecular formula is C18H15BrF3N5OS. The first-order chi connectivity index (χ1) is 13.7. The van der Waals surface area contributed by atoms with E-state index in [1.807, 2.05) is 19.1 Å². The van der Waals surface area contributed by atoms with Crippen molar-refractivity contribution in [3.05, 3.63) is 52.8 Å². The maximum atomic E-state index is 13.1. The van der Waals surface area contributed by atoms with Gasteiger partial charge in [-0.3, -0.25) is 14.3 Å². The van der Waals surface area contributed by atoms with Gasteiger partial charge in [-0.05, 0) is 52.7 Å². The molecule has 0 bridgehead atoms. The number of aromatic nitrogens is 4. The Hall–Kier alpha value is -2.40. The molecule has 0 radical (unpaired) electrons. The number of aryl methyl sites for hydroxylation is 1. The molecule has 6 nitrogen and oxygen atoms in total. The number of halogens is 4. The lowest BCUT2D eigenvalue weighted by atomic mass is 10.2. The average molecular weight is 486 g/mol. The Morgan fingerprint density at radius 2 is 1.93 bits per heavy atom. The second kappa shape index (κ2) is 8.95. The third-order valence-electron chi connectivity index (χ3n) is 3.72. The van der Waals surface area contributed by atoms with Crippen LogP contribution in [-0.2, 0) is 11.3 Å². The summed E-state index contributed by atoms with van der Waals surface area (Å²) in [6.07, 6.45) is -1.54. The fourth-order valence-electron chi connectivity index (χ4n) is 2.47. The maximum Gasteiger partial charge on any atom is 0.406 e. The van der Waals surface area contributed by atoms with Crippen molar-refractivity contribution in [2.75, 3.05) is 11.1 Å². The molecule has 3 rings (SSSR count). The lowest BCUT2D eigenvalue weighted by molar-refractivity contribution is -0.141. The molecule has 152 valence electrons. The first-order valence-corrected chi connectivity index (χ1v) is 10.1. The number of hydrogen-bond donors (Lipinski definition) is 1. The van der Waals surface area contributed by atoms with Crippen LogP contribution in [0.2, 0.25) is 0 Å². The Balaban J connectivity index is 1.76. The highest BCUT2D eigenvalue weighted by Gasteiger charge is 2.31. The molecule has 11 heteroatoms. The lowest BCUT2D eigenvalue weighted by Crippen LogP contribution is -2.20. The second-order valence-corrected chi connectivity index (χ2v) is 7.86. The van der Waals surface area contributed by atoms with E-state index in [4.69, 9.17) is 0 Å². The molecular weight excluding hydrogens is 471 g/mol. The molecule has 3 aromatic rings. The quantitative estimate of drug-likeness (QED) is 0.512. The van der Waals surface area contributed by atoms with E-state index in [1.54, 1.807) is 18.2 Å². The Kier molecular flexibility index (Phi) is 6.58. The topological polar surface area (TPSA) is 72.7 Å². The van der Waals surface area contributed by atoms with Crippen molar-refractivity contribution < 1.29 is 18.0 Å². The summed E-state index contributed by atoms with van der Waals surface area (Å²) < 4.78 is 40.9. The normalized spacial score (nSPS) is 11.5. The summed E-state index contributed by atoms with van der Waals surface area (Å²) in [6.45, 7) is 0.658. The number of benzene rings is 1. The molecule has 1 amide bonds. The SMILES string of the molecule is Cc1ccc(NC(=O)CSc2nnc(-c3ccncc3)n2CC(F)(F)F)c(Br)c1. The van der Waals surface area contributed by atoms with Crippen LogP contribution in [-0.4, -0.2) is 37.6 Å². The largest absolute Gasteiger partial charge is 0.406 e. The fourth-order valence-corrected chi connectivity index (χ4v) is 3.80. The molecule has 0 aliphatic carbocycles. The van der Waals surface area contributed by atoms with E-state index in [2.05, 4.69) is 36.4 Å². The molecule has 0 spiro atoms. The number of nitrogens with zero attached hydrogens (tertiary/aromatic N) is 4. The molecule has 0 aliphatic heterocycles. The Morgan fingerprint density at radius 1 is 1.21 bits per heavy atom. The summed E-state index contributed by atoms with van der Waals surface area (Å²) in [4.78, 5) is 16.1. The number of pyridine rings is 1. The number of carbonyl (C=O) groups is 1. The molecule has 0 saturated heterocycles. The minimum absolute atomic E-state index is 0.00672. The third kappa shape index (κ3) is 5.80. The fraction of sp³-hybridized carbons (Fsp3) is 0.222. The lowest BCUT2D eigenvalue weighted by Gasteiger charge is -2.12. The summed E-state index contributed by atoms with van der Waals surface area (Å²) >= 11 is 4.25. The number of amides is 1. The zero-order valence-corrected chi connectivity index (χ0v) is 17.5. The molecule has 29 heavy (non-hydrogen) atoms. The van der Waals surface area contributed by atoms with Gasteiger partial charge in [0.15, 0.2) is 11.0 Å². The smallest absolute Gasteiger partial charge is 0.324 e. The minimum atomic E-state index is -4.46. The molecule has 0 atom stereocenters. The summed E-state index contributed by atoms with van der Waals surface area (Å²) in [5, 5.41) is 10.5. The summed E-state index contributed by atoms with van der Waals surface area (Å²) in [7, 11) is 0. The molecule has 0 saturated carbocycles. The molecule has 2 heterocycles. The zero-order chi connectivity index (χ0) is 21.0. The monoisotopic (exact) mass is 485 g/mol. The van der Waals surface area contributed by atoms with Crippen LogP contribution < -0.4 is 5.32 Å². The highest BCUT2D eigenvalue weighted by atomic mass is 79.9. The Bertz CT molecular complexity index is 1010. The van der Waals surface area contributed by atoms with E-state index >= 15 is 0 Å².